The number of likely N-dealkylation sites (tertiary alicyclic amines) is 1. The molecule has 3 heterocycles. The number of rotatable bonds is 4. The lowest BCUT2D eigenvalue weighted by atomic mass is 9.90. The van der Waals surface area contributed by atoms with E-state index in [1.807, 2.05) is 26.8 Å². The Morgan fingerprint density at radius 3 is 2.49 bits per heavy atom. The summed E-state index contributed by atoms with van der Waals surface area (Å²) in [6, 6.07) is 5.76. The molecule has 2 aromatic heterocycles. The van der Waals surface area contributed by atoms with Gasteiger partial charge in [0.15, 0.2) is 5.65 Å². The predicted octanol–water partition coefficient (Wildman–Crippen LogP) is 6.64. The molecular weight excluding hydrogens is 483 g/mol. The van der Waals surface area contributed by atoms with Gasteiger partial charge in [-0.3, -0.25) is 0 Å². The summed E-state index contributed by atoms with van der Waals surface area (Å²) in [6.07, 6.45) is 0.00165. The Morgan fingerprint density at radius 2 is 1.84 bits per heavy atom. The van der Waals surface area contributed by atoms with Crippen molar-refractivity contribution in [1.82, 2.24) is 19.9 Å². The fourth-order valence-corrected chi connectivity index (χ4v) is 4.73. The van der Waals surface area contributed by atoms with Crippen LogP contribution in [0.1, 0.15) is 74.8 Å². The van der Waals surface area contributed by atoms with Crippen LogP contribution in [0.4, 0.5) is 23.8 Å². The summed E-state index contributed by atoms with van der Waals surface area (Å²) in [5.74, 6) is 0.710. The van der Waals surface area contributed by atoms with Gasteiger partial charge in [0.25, 0.3) is 0 Å². The third-order valence-corrected chi connectivity index (χ3v) is 6.63. The number of carbonyl (C=O) groups is 1. The molecule has 7 nitrogen and oxygen atoms in total. The van der Waals surface area contributed by atoms with Crippen molar-refractivity contribution < 1.29 is 22.7 Å². The minimum Gasteiger partial charge on any atom is -0.444 e. The predicted molar refractivity (Wildman–Crippen MR) is 135 cm³/mol. The minimum absolute atomic E-state index is 0.184. The van der Waals surface area contributed by atoms with Crippen LogP contribution in [-0.4, -0.2) is 44.6 Å². The number of amides is 1. The zero-order valence-corrected chi connectivity index (χ0v) is 21.7. The van der Waals surface area contributed by atoms with Crippen LogP contribution in [0.25, 0.3) is 11.0 Å². The Hall–Kier alpha value is -3.43. The average Bonchev–Trinajstić information content (AvgIpc) is 2.82. The highest BCUT2D eigenvalue weighted by atomic mass is 19.4. The summed E-state index contributed by atoms with van der Waals surface area (Å²) < 4.78 is 45.7. The van der Waals surface area contributed by atoms with E-state index >= 15 is 0 Å². The molecule has 4 rings (SSSR count). The van der Waals surface area contributed by atoms with Crippen LogP contribution in [0.5, 0.6) is 0 Å². The molecule has 1 amide bonds. The van der Waals surface area contributed by atoms with E-state index < -0.39 is 23.4 Å². The normalized spacial score (nSPS) is 16.1. The Labute approximate surface area is 214 Å². The average molecular weight is 516 g/mol. The summed E-state index contributed by atoms with van der Waals surface area (Å²) in [4.78, 5) is 27.3. The first-order valence-electron chi connectivity index (χ1n) is 12.4. The van der Waals surface area contributed by atoms with E-state index in [2.05, 4.69) is 20.3 Å². The lowest BCUT2D eigenvalue weighted by Crippen LogP contribution is -2.41. The van der Waals surface area contributed by atoms with E-state index in [9.17, 15) is 18.0 Å². The molecule has 1 aliphatic heterocycles. The number of nitrogens with one attached hydrogen (secondary N) is 1. The van der Waals surface area contributed by atoms with E-state index in [4.69, 9.17) is 4.74 Å². The van der Waals surface area contributed by atoms with Gasteiger partial charge in [-0.25, -0.2) is 19.7 Å². The first-order chi connectivity index (χ1) is 17.3. The van der Waals surface area contributed by atoms with Crippen molar-refractivity contribution in [3.8, 4) is 0 Å². The zero-order chi connectivity index (χ0) is 27.0. The lowest BCUT2D eigenvalue weighted by molar-refractivity contribution is -0.138. The van der Waals surface area contributed by atoms with Gasteiger partial charge in [0, 0.05) is 19.3 Å². The first-order valence-corrected chi connectivity index (χ1v) is 12.4. The minimum atomic E-state index is -4.42. The number of carbonyl (C=O) groups excluding carboxylic acids is 1. The molecule has 0 unspecified atom stereocenters. The van der Waals surface area contributed by atoms with E-state index in [1.54, 1.807) is 24.1 Å². The number of halogens is 3. The summed E-state index contributed by atoms with van der Waals surface area (Å²) >= 11 is 0. The molecule has 198 valence electrons. The maximum absolute atomic E-state index is 13.4. The van der Waals surface area contributed by atoms with Crippen LogP contribution in [0.2, 0.25) is 0 Å². The SMILES string of the molecule is Cc1c([C@@H](C)Nc2ncnc3ncc(C4CCN(C(=O)OC(C)(C)C)CC4)cc23)cccc1C(F)(F)F. The Kier molecular flexibility index (Phi) is 7.30. The molecule has 3 aromatic rings. The molecular formula is C27H32F3N5O2. The highest BCUT2D eigenvalue weighted by molar-refractivity contribution is 5.86. The number of nitrogens with zero attached hydrogens (tertiary/aromatic N) is 4. The van der Waals surface area contributed by atoms with Gasteiger partial charge in [0.2, 0.25) is 0 Å². The number of anilines is 1. The largest absolute Gasteiger partial charge is 0.444 e. The number of fused-ring (bicyclic) bond motifs is 1. The number of hydrogen-bond acceptors (Lipinski definition) is 6. The molecule has 0 bridgehead atoms. The number of benzene rings is 1. The molecule has 1 saturated heterocycles. The van der Waals surface area contributed by atoms with E-state index in [0.29, 0.717) is 35.5 Å². The van der Waals surface area contributed by atoms with Crippen molar-refractivity contribution in [3.05, 3.63) is 59.0 Å². The molecule has 1 aliphatic rings. The summed E-state index contributed by atoms with van der Waals surface area (Å²) in [6.45, 7) is 10.0. The van der Waals surface area contributed by atoms with Gasteiger partial charge < -0.3 is 15.0 Å². The maximum atomic E-state index is 13.4. The molecule has 1 atom stereocenters. The van der Waals surface area contributed by atoms with Gasteiger partial charge >= 0.3 is 12.3 Å². The van der Waals surface area contributed by atoms with E-state index in [-0.39, 0.29) is 17.6 Å². The smallest absolute Gasteiger partial charge is 0.416 e. The summed E-state index contributed by atoms with van der Waals surface area (Å²) in [7, 11) is 0. The molecule has 0 aliphatic carbocycles. The van der Waals surface area contributed by atoms with Crippen LogP contribution >= 0.6 is 0 Å². The lowest BCUT2D eigenvalue weighted by Gasteiger charge is -2.33. The molecule has 0 saturated carbocycles. The van der Waals surface area contributed by atoms with Crippen LogP contribution in [0, 0.1) is 6.92 Å². The fraction of sp³-hybridized carbons (Fsp3) is 0.481. The third-order valence-electron chi connectivity index (χ3n) is 6.63. The zero-order valence-electron chi connectivity index (χ0n) is 21.7. The monoisotopic (exact) mass is 515 g/mol. The second kappa shape index (κ2) is 10.1. The van der Waals surface area contributed by atoms with Crippen molar-refractivity contribution in [2.45, 2.75) is 71.2 Å². The van der Waals surface area contributed by atoms with Gasteiger partial charge in [0.1, 0.15) is 17.7 Å². The Morgan fingerprint density at radius 1 is 1.14 bits per heavy atom. The van der Waals surface area contributed by atoms with Crippen molar-refractivity contribution in [2.24, 2.45) is 0 Å². The third kappa shape index (κ3) is 6.11. The van der Waals surface area contributed by atoms with Crippen LogP contribution < -0.4 is 5.32 Å². The second-order valence-electron chi connectivity index (χ2n) is 10.5. The topological polar surface area (TPSA) is 80.2 Å². The highest BCUT2D eigenvalue weighted by Crippen LogP contribution is 2.36. The summed E-state index contributed by atoms with van der Waals surface area (Å²) in [5, 5.41) is 3.97. The number of alkyl halides is 3. The molecule has 1 N–H and O–H groups in total. The molecule has 1 aromatic carbocycles. The Bertz CT molecular complexity index is 1280. The molecule has 1 fully saturated rings. The van der Waals surface area contributed by atoms with E-state index in [0.717, 1.165) is 24.5 Å². The number of piperidine rings is 1. The molecule has 0 spiro atoms. The first kappa shape index (κ1) is 26.6. The second-order valence-corrected chi connectivity index (χ2v) is 10.5. The van der Waals surface area contributed by atoms with Crippen molar-refractivity contribution in [2.75, 3.05) is 18.4 Å². The standard InChI is InChI=1S/C27H32F3N5O2/c1-16-20(7-6-8-22(16)27(28,29)30)17(2)34-24-21-13-19(14-31-23(21)32-15-33-24)18-9-11-35(12-10-18)25(36)37-26(3,4)5/h6-8,13-15,17-18H,9-12H2,1-5H3,(H,31,32,33,34)/t17-/m1/s1. The number of ether oxygens (including phenoxy) is 1. The molecule has 37 heavy (non-hydrogen) atoms. The fourth-order valence-electron chi connectivity index (χ4n) is 4.73. The number of hydrogen-bond donors (Lipinski definition) is 1. The van der Waals surface area contributed by atoms with Gasteiger partial charge in [-0.2, -0.15) is 13.2 Å². The van der Waals surface area contributed by atoms with Gasteiger partial charge in [-0.05, 0) is 82.2 Å². The number of pyridine rings is 1. The summed E-state index contributed by atoms with van der Waals surface area (Å²) in [5.41, 5.74) is 1.05. The van der Waals surface area contributed by atoms with Crippen LogP contribution in [0.15, 0.2) is 36.8 Å². The van der Waals surface area contributed by atoms with Crippen molar-refractivity contribution in [1.29, 1.82) is 0 Å². The number of aromatic nitrogens is 3. The highest BCUT2D eigenvalue weighted by Gasteiger charge is 2.33. The molecule has 10 heteroatoms. The van der Waals surface area contributed by atoms with Gasteiger partial charge in [-0.1, -0.05) is 12.1 Å². The maximum Gasteiger partial charge on any atom is 0.416 e. The molecule has 0 radical (unpaired) electrons. The van der Waals surface area contributed by atoms with E-state index in [1.165, 1.54) is 19.3 Å². The van der Waals surface area contributed by atoms with Crippen molar-refractivity contribution >= 4 is 22.9 Å². The van der Waals surface area contributed by atoms with Gasteiger partial charge in [0.05, 0.1) is 17.0 Å². The Balaban J connectivity index is 1.53. The quantitative estimate of drug-likeness (QED) is 0.420. The van der Waals surface area contributed by atoms with Crippen LogP contribution in [-0.2, 0) is 10.9 Å². The van der Waals surface area contributed by atoms with Crippen LogP contribution in [0.3, 0.4) is 0 Å². The van der Waals surface area contributed by atoms with Gasteiger partial charge in [-0.15, -0.1) is 0 Å². The van der Waals surface area contributed by atoms with Crippen molar-refractivity contribution in [3.63, 3.8) is 0 Å².